The number of rotatable bonds is 3. The van der Waals surface area contributed by atoms with E-state index in [4.69, 9.17) is 14.7 Å². The molecule has 2 aromatic rings. The van der Waals surface area contributed by atoms with E-state index >= 15 is 0 Å². The molecule has 0 aliphatic heterocycles. The van der Waals surface area contributed by atoms with Crippen LogP contribution in [0.4, 0.5) is 0 Å². The largest absolute Gasteiger partial charge is 0.438 e. The Labute approximate surface area is 80.1 Å². The summed E-state index contributed by atoms with van der Waals surface area (Å²) in [6.07, 6.45) is 1.94. The Hall–Kier alpha value is -1.69. The SMILES string of the molecule is Cc1ncoc1-c1nc(CCN)no1. The molecule has 6 nitrogen and oxygen atoms in total. The van der Waals surface area contributed by atoms with Gasteiger partial charge in [0.25, 0.3) is 5.89 Å². The van der Waals surface area contributed by atoms with Gasteiger partial charge in [0.05, 0.1) is 5.69 Å². The number of hydrogen-bond donors (Lipinski definition) is 1. The van der Waals surface area contributed by atoms with E-state index in [1.807, 2.05) is 6.92 Å². The fraction of sp³-hybridized carbons (Fsp3) is 0.375. The average Bonchev–Trinajstić information content (AvgIpc) is 2.74. The van der Waals surface area contributed by atoms with Crippen molar-refractivity contribution in [2.75, 3.05) is 6.54 Å². The van der Waals surface area contributed by atoms with Gasteiger partial charge in [-0.05, 0) is 13.5 Å². The van der Waals surface area contributed by atoms with Gasteiger partial charge in [-0.3, -0.25) is 0 Å². The van der Waals surface area contributed by atoms with E-state index in [-0.39, 0.29) is 0 Å². The van der Waals surface area contributed by atoms with Crippen molar-refractivity contribution in [3.8, 4) is 11.7 Å². The molecule has 74 valence electrons. The molecule has 0 aliphatic rings. The molecule has 2 heterocycles. The molecule has 0 saturated heterocycles. The van der Waals surface area contributed by atoms with Gasteiger partial charge in [0.15, 0.2) is 12.2 Å². The van der Waals surface area contributed by atoms with E-state index < -0.39 is 0 Å². The minimum absolute atomic E-state index is 0.350. The fourth-order valence-electron chi connectivity index (χ4n) is 1.08. The minimum Gasteiger partial charge on any atom is -0.438 e. The van der Waals surface area contributed by atoms with Crippen molar-refractivity contribution in [3.05, 3.63) is 17.9 Å². The molecule has 2 rings (SSSR count). The smallest absolute Gasteiger partial charge is 0.295 e. The van der Waals surface area contributed by atoms with E-state index in [0.717, 1.165) is 5.69 Å². The molecule has 0 unspecified atom stereocenters. The third kappa shape index (κ3) is 1.51. The Kier molecular flexibility index (Phi) is 2.28. The molecular formula is C8H10N4O2. The lowest BCUT2D eigenvalue weighted by atomic mass is 10.3. The van der Waals surface area contributed by atoms with Gasteiger partial charge in [0, 0.05) is 6.42 Å². The zero-order valence-electron chi connectivity index (χ0n) is 7.73. The van der Waals surface area contributed by atoms with Crippen LogP contribution in [0, 0.1) is 6.92 Å². The average molecular weight is 194 g/mol. The molecule has 2 N–H and O–H groups in total. The normalized spacial score (nSPS) is 10.7. The van der Waals surface area contributed by atoms with Crippen molar-refractivity contribution in [1.82, 2.24) is 15.1 Å². The lowest BCUT2D eigenvalue weighted by molar-refractivity contribution is 0.408. The van der Waals surface area contributed by atoms with Crippen molar-refractivity contribution < 1.29 is 8.94 Å². The number of hydrogen-bond acceptors (Lipinski definition) is 6. The van der Waals surface area contributed by atoms with Gasteiger partial charge < -0.3 is 14.7 Å². The molecule has 0 atom stereocenters. The van der Waals surface area contributed by atoms with Crippen LogP contribution in [0.3, 0.4) is 0 Å². The number of aryl methyl sites for hydroxylation is 1. The molecule has 14 heavy (non-hydrogen) atoms. The predicted octanol–water partition coefficient (Wildman–Crippen LogP) is 0.534. The first-order chi connectivity index (χ1) is 6.81. The van der Waals surface area contributed by atoms with E-state index in [1.54, 1.807) is 0 Å². The number of oxazole rings is 1. The summed E-state index contributed by atoms with van der Waals surface area (Å²) in [5.41, 5.74) is 6.09. The molecule has 0 amide bonds. The Balaban J connectivity index is 2.29. The first kappa shape index (κ1) is 8.89. The molecule has 0 aliphatic carbocycles. The highest BCUT2D eigenvalue weighted by atomic mass is 16.5. The third-order valence-electron chi connectivity index (χ3n) is 1.78. The molecular weight excluding hydrogens is 184 g/mol. The van der Waals surface area contributed by atoms with Gasteiger partial charge in [-0.15, -0.1) is 0 Å². The number of nitrogens with zero attached hydrogens (tertiary/aromatic N) is 3. The maximum absolute atomic E-state index is 5.36. The molecule has 2 aromatic heterocycles. The van der Waals surface area contributed by atoms with Crippen LogP contribution >= 0.6 is 0 Å². The van der Waals surface area contributed by atoms with Crippen molar-refractivity contribution in [3.63, 3.8) is 0 Å². The van der Waals surface area contributed by atoms with Crippen LogP contribution in [0.5, 0.6) is 0 Å². The van der Waals surface area contributed by atoms with Gasteiger partial charge in [-0.2, -0.15) is 4.98 Å². The maximum Gasteiger partial charge on any atom is 0.295 e. The van der Waals surface area contributed by atoms with Crippen LogP contribution in [0.15, 0.2) is 15.3 Å². The molecule has 0 radical (unpaired) electrons. The van der Waals surface area contributed by atoms with Crippen molar-refractivity contribution in [2.45, 2.75) is 13.3 Å². The summed E-state index contributed by atoms with van der Waals surface area (Å²) in [6.45, 7) is 2.31. The van der Waals surface area contributed by atoms with Crippen LogP contribution in [0.2, 0.25) is 0 Å². The Bertz CT molecular complexity index is 420. The first-order valence-electron chi connectivity index (χ1n) is 4.24. The summed E-state index contributed by atoms with van der Waals surface area (Å²) in [6, 6.07) is 0. The van der Waals surface area contributed by atoms with Crippen molar-refractivity contribution >= 4 is 0 Å². The molecule has 0 bridgehead atoms. The second kappa shape index (κ2) is 3.59. The Morgan fingerprint density at radius 1 is 1.50 bits per heavy atom. The maximum atomic E-state index is 5.36. The van der Waals surface area contributed by atoms with E-state index in [9.17, 15) is 0 Å². The number of nitrogens with two attached hydrogens (primary N) is 1. The summed E-state index contributed by atoms with van der Waals surface area (Å²) in [4.78, 5) is 8.04. The lowest BCUT2D eigenvalue weighted by Crippen LogP contribution is -2.03. The third-order valence-corrected chi connectivity index (χ3v) is 1.78. The highest BCUT2D eigenvalue weighted by molar-refractivity contribution is 5.46. The van der Waals surface area contributed by atoms with Crippen LogP contribution in [-0.4, -0.2) is 21.7 Å². The summed E-state index contributed by atoms with van der Waals surface area (Å²) in [5.74, 6) is 1.45. The van der Waals surface area contributed by atoms with Gasteiger partial charge in [-0.25, -0.2) is 4.98 Å². The zero-order chi connectivity index (χ0) is 9.97. The van der Waals surface area contributed by atoms with Gasteiger partial charge in [0.2, 0.25) is 5.76 Å². The Morgan fingerprint density at radius 2 is 2.36 bits per heavy atom. The summed E-state index contributed by atoms with van der Waals surface area (Å²) >= 11 is 0. The minimum atomic E-state index is 0.350. The highest BCUT2D eigenvalue weighted by Crippen LogP contribution is 2.19. The molecule has 0 spiro atoms. The highest BCUT2D eigenvalue weighted by Gasteiger charge is 2.14. The summed E-state index contributed by atoms with van der Waals surface area (Å²) in [5, 5.41) is 3.75. The topological polar surface area (TPSA) is 91.0 Å². The van der Waals surface area contributed by atoms with Crippen LogP contribution in [0.1, 0.15) is 11.5 Å². The second-order valence-electron chi connectivity index (χ2n) is 2.82. The predicted molar refractivity (Wildman–Crippen MR) is 47.3 cm³/mol. The lowest BCUT2D eigenvalue weighted by Gasteiger charge is -1.86. The number of aromatic nitrogens is 3. The standard InChI is InChI=1S/C8H10N4O2/c1-5-7(13-4-10-5)8-11-6(2-3-9)12-14-8/h4H,2-3,9H2,1H3. The molecule has 0 saturated carbocycles. The second-order valence-corrected chi connectivity index (χ2v) is 2.82. The monoisotopic (exact) mass is 194 g/mol. The fourth-order valence-corrected chi connectivity index (χ4v) is 1.08. The van der Waals surface area contributed by atoms with Gasteiger partial charge in [0.1, 0.15) is 0 Å². The van der Waals surface area contributed by atoms with E-state index in [0.29, 0.717) is 30.4 Å². The van der Waals surface area contributed by atoms with Gasteiger partial charge in [-0.1, -0.05) is 5.16 Å². The van der Waals surface area contributed by atoms with Crippen LogP contribution in [-0.2, 0) is 6.42 Å². The van der Waals surface area contributed by atoms with Crippen molar-refractivity contribution in [1.29, 1.82) is 0 Å². The molecule has 6 heteroatoms. The van der Waals surface area contributed by atoms with Crippen molar-refractivity contribution in [2.24, 2.45) is 5.73 Å². The van der Waals surface area contributed by atoms with E-state index in [2.05, 4.69) is 15.1 Å². The van der Waals surface area contributed by atoms with E-state index in [1.165, 1.54) is 6.39 Å². The van der Waals surface area contributed by atoms with Gasteiger partial charge >= 0.3 is 0 Å². The molecule has 0 fully saturated rings. The molecule has 0 aromatic carbocycles. The Morgan fingerprint density at radius 3 is 3.00 bits per heavy atom. The van der Waals surface area contributed by atoms with Crippen LogP contribution < -0.4 is 5.73 Å². The zero-order valence-corrected chi connectivity index (χ0v) is 7.73. The quantitative estimate of drug-likeness (QED) is 0.766. The van der Waals surface area contributed by atoms with Crippen LogP contribution in [0.25, 0.3) is 11.7 Å². The summed E-state index contributed by atoms with van der Waals surface area (Å²) in [7, 11) is 0. The first-order valence-corrected chi connectivity index (χ1v) is 4.24. The summed E-state index contributed by atoms with van der Waals surface area (Å²) < 4.78 is 10.1.